The zero-order valence-electron chi connectivity index (χ0n) is 13.2. The van der Waals surface area contributed by atoms with Gasteiger partial charge in [-0.25, -0.2) is 0 Å². The van der Waals surface area contributed by atoms with Crippen molar-refractivity contribution in [1.29, 1.82) is 0 Å². The van der Waals surface area contributed by atoms with E-state index in [1.54, 1.807) is 31.1 Å². The van der Waals surface area contributed by atoms with E-state index in [9.17, 15) is 9.59 Å². The third-order valence-corrected chi connectivity index (χ3v) is 3.78. The van der Waals surface area contributed by atoms with Gasteiger partial charge in [-0.15, -0.1) is 0 Å². The van der Waals surface area contributed by atoms with Crippen LogP contribution in [0.5, 0.6) is 0 Å². The van der Waals surface area contributed by atoms with Crippen molar-refractivity contribution in [1.82, 2.24) is 10.2 Å². The van der Waals surface area contributed by atoms with E-state index in [2.05, 4.69) is 5.32 Å². The van der Waals surface area contributed by atoms with Gasteiger partial charge in [-0.05, 0) is 23.6 Å². The molecule has 0 saturated carbocycles. The number of carbonyl (C=O) groups is 2. The van der Waals surface area contributed by atoms with Gasteiger partial charge in [0.05, 0.1) is 6.04 Å². The highest BCUT2D eigenvalue weighted by Gasteiger charge is 2.22. The summed E-state index contributed by atoms with van der Waals surface area (Å²) >= 11 is 0. The molecule has 116 valence electrons. The van der Waals surface area contributed by atoms with E-state index >= 15 is 0 Å². The predicted octanol–water partition coefficient (Wildman–Crippen LogP) is 1.38. The number of carbonyl (C=O) groups excluding carboxylic acids is 2. The summed E-state index contributed by atoms with van der Waals surface area (Å²) in [5.74, 6) is -0.0138. The first-order chi connectivity index (χ1) is 9.90. The third kappa shape index (κ3) is 4.56. The molecule has 0 radical (unpaired) electrons. The van der Waals surface area contributed by atoms with Crippen LogP contribution in [0.15, 0.2) is 24.3 Å². The molecule has 1 rings (SSSR count). The topological polar surface area (TPSA) is 75.4 Å². The Bertz CT molecular complexity index is 485. The maximum absolute atomic E-state index is 12.2. The molecule has 3 N–H and O–H groups in total. The molecular weight excluding hydrogens is 266 g/mol. The van der Waals surface area contributed by atoms with E-state index in [1.807, 2.05) is 26.0 Å². The van der Waals surface area contributed by atoms with Crippen LogP contribution >= 0.6 is 0 Å². The van der Waals surface area contributed by atoms with Gasteiger partial charge in [0.2, 0.25) is 5.91 Å². The highest BCUT2D eigenvalue weighted by Crippen LogP contribution is 2.11. The summed E-state index contributed by atoms with van der Waals surface area (Å²) in [6.07, 6.45) is 0.877. The van der Waals surface area contributed by atoms with E-state index in [0.717, 1.165) is 12.0 Å². The first-order valence-corrected chi connectivity index (χ1v) is 7.22. The van der Waals surface area contributed by atoms with Crippen LogP contribution in [0.2, 0.25) is 0 Å². The molecule has 0 saturated heterocycles. The van der Waals surface area contributed by atoms with Crippen LogP contribution in [0, 0.1) is 5.92 Å². The Morgan fingerprint density at radius 1 is 1.29 bits per heavy atom. The van der Waals surface area contributed by atoms with Crippen LogP contribution in [-0.4, -0.2) is 36.9 Å². The second-order valence-corrected chi connectivity index (χ2v) is 5.38. The van der Waals surface area contributed by atoms with Gasteiger partial charge in [-0.1, -0.05) is 32.4 Å². The summed E-state index contributed by atoms with van der Waals surface area (Å²) in [6.45, 7) is 4.49. The van der Waals surface area contributed by atoms with Gasteiger partial charge in [-0.3, -0.25) is 9.59 Å². The van der Waals surface area contributed by atoms with E-state index in [1.165, 1.54) is 0 Å². The summed E-state index contributed by atoms with van der Waals surface area (Å²) in [4.78, 5) is 25.3. The summed E-state index contributed by atoms with van der Waals surface area (Å²) < 4.78 is 0. The van der Waals surface area contributed by atoms with Gasteiger partial charge in [0.1, 0.15) is 0 Å². The van der Waals surface area contributed by atoms with Crippen LogP contribution in [0.25, 0.3) is 0 Å². The molecule has 0 aliphatic rings. The van der Waals surface area contributed by atoms with E-state index in [-0.39, 0.29) is 17.7 Å². The van der Waals surface area contributed by atoms with Crippen LogP contribution in [0.3, 0.4) is 0 Å². The summed E-state index contributed by atoms with van der Waals surface area (Å²) in [6, 6.07) is 6.74. The van der Waals surface area contributed by atoms with Gasteiger partial charge in [-0.2, -0.15) is 0 Å². The second kappa shape index (κ2) is 7.78. The molecule has 21 heavy (non-hydrogen) atoms. The fourth-order valence-corrected chi connectivity index (χ4v) is 2.01. The van der Waals surface area contributed by atoms with Crippen LogP contribution in [-0.2, 0) is 11.3 Å². The molecule has 0 unspecified atom stereocenters. The van der Waals surface area contributed by atoms with Crippen LogP contribution < -0.4 is 11.1 Å². The van der Waals surface area contributed by atoms with Gasteiger partial charge in [0.15, 0.2) is 0 Å². The molecule has 2 amide bonds. The van der Waals surface area contributed by atoms with E-state index in [0.29, 0.717) is 12.1 Å². The average Bonchev–Trinajstić information content (AvgIpc) is 2.52. The maximum Gasteiger partial charge on any atom is 0.251 e. The minimum Gasteiger partial charge on any atom is -0.355 e. The molecule has 0 aliphatic heterocycles. The molecule has 5 heteroatoms. The van der Waals surface area contributed by atoms with E-state index in [4.69, 9.17) is 5.73 Å². The number of benzene rings is 1. The zero-order valence-corrected chi connectivity index (χ0v) is 13.2. The summed E-state index contributed by atoms with van der Waals surface area (Å²) in [5, 5.41) is 2.57. The number of nitrogens with one attached hydrogen (secondary N) is 1. The van der Waals surface area contributed by atoms with Gasteiger partial charge in [0.25, 0.3) is 5.91 Å². The Labute approximate surface area is 126 Å². The lowest BCUT2D eigenvalue weighted by Crippen LogP contribution is -2.45. The molecule has 5 nitrogen and oxygen atoms in total. The van der Waals surface area contributed by atoms with Crippen LogP contribution in [0.1, 0.15) is 36.2 Å². The van der Waals surface area contributed by atoms with Crippen molar-refractivity contribution in [3.63, 3.8) is 0 Å². The molecule has 1 aromatic rings. The van der Waals surface area contributed by atoms with Gasteiger partial charge >= 0.3 is 0 Å². The standard InChI is InChI=1S/C16H25N3O2/c1-5-11(2)14(17)16(21)19(4)10-12-6-8-13(9-7-12)15(20)18-3/h6-9,11,14H,5,10,17H2,1-4H3,(H,18,20)/t11-,14-/m0/s1. The van der Waals surface area contributed by atoms with Gasteiger partial charge < -0.3 is 16.0 Å². The SMILES string of the molecule is CC[C@H](C)[C@H](N)C(=O)N(C)Cc1ccc(C(=O)NC)cc1. The Kier molecular flexibility index (Phi) is 6.37. The molecule has 0 spiro atoms. The largest absolute Gasteiger partial charge is 0.355 e. The van der Waals surface area contributed by atoms with Crippen molar-refractivity contribution in [2.24, 2.45) is 11.7 Å². The van der Waals surface area contributed by atoms with Crippen molar-refractivity contribution >= 4 is 11.8 Å². The number of nitrogens with zero attached hydrogens (tertiary/aromatic N) is 1. The molecule has 0 fully saturated rings. The normalized spacial score (nSPS) is 13.4. The number of amides is 2. The zero-order chi connectivity index (χ0) is 16.0. The fourth-order valence-electron chi connectivity index (χ4n) is 2.01. The molecule has 0 aliphatic carbocycles. The Morgan fingerprint density at radius 2 is 1.86 bits per heavy atom. The highest BCUT2D eigenvalue weighted by molar-refractivity contribution is 5.93. The minimum absolute atomic E-state index is 0.0558. The highest BCUT2D eigenvalue weighted by atomic mass is 16.2. The van der Waals surface area contributed by atoms with Crippen molar-refractivity contribution in [2.45, 2.75) is 32.9 Å². The second-order valence-electron chi connectivity index (χ2n) is 5.38. The average molecular weight is 291 g/mol. The molecule has 0 heterocycles. The quantitative estimate of drug-likeness (QED) is 0.831. The molecule has 0 bridgehead atoms. The Balaban J connectivity index is 2.68. The third-order valence-electron chi connectivity index (χ3n) is 3.78. The van der Waals surface area contributed by atoms with Gasteiger partial charge in [0, 0.05) is 26.2 Å². The first-order valence-electron chi connectivity index (χ1n) is 7.22. The molecule has 2 atom stereocenters. The first kappa shape index (κ1) is 17.2. The van der Waals surface area contributed by atoms with Crippen molar-refractivity contribution in [2.75, 3.05) is 14.1 Å². The summed E-state index contributed by atoms with van der Waals surface area (Å²) in [7, 11) is 3.34. The van der Waals surface area contributed by atoms with E-state index < -0.39 is 6.04 Å². The lowest BCUT2D eigenvalue weighted by molar-refractivity contribution is -0.132. The Morgan fingerprint density at radius 3 is 2.33 bits per heavy atom. The predicted molar refractivity (Wildman–Crippen MR) is 83.7 cm³/mol. The van der Waals surface area contributed by atoms with Crippen LogP contribution in [0.4, 0.5) is 0 Å². The number of hydrogen-bond acceptors (Lipinski definition) is 3. The molecule has 0 aromatic heterocycles. The van der Waals surface area contributed by atoms with Crippen molar-refractivity contribution < 1.29 is 9.59 Å². The fraction of sp³-hybridized carbons (Fsp3) is 0.500. The van der Waals surface area contributed by atoms with Crippen molar-refractivity contribution in [3.05, 3.63) is 35.4 Å². The lowest BCUT2D eigenvalue weighted by Gasteiger charge is -2.24. The summed E-state index contributed by atoms with van der Waals surface area (Å²) in [5.41, 5.74) is 7.53. The van der Waals surface area contributed by atoms with Crippen molar-refractivity contribution in [3.8, 4) is 0 Å². The smallest absolute Gasteiger partial charge is 0.251 e. The number of hydrogen-bond donors (Lipinski definition) is 2. The molecular formula is C16H25N3O2. The molecule has 1 aromatic carbocycles. The number of nitrogens with two attached hydrogens (primary N) is 1. The minimum atomic E-state index is -0.467. The number of likely N-dealkylation sites (N-methyl/N-ethyl adjacent to an activating group) is 1. The number of rotatable bonds is 6. The monoisotopic (exact) mass is 291 g/mol. The maximum atomic E-state index is 12.2. The Hall–Kier alpha value is -1.88. The lowest BCUT2D eigenvalue weighted by atomic mass is 9.99.